The largest absolute Gasteiger partial charge is 0.481 e. The summed E-state index contributed by atoms with van der Waals surface area (Å²) in [7, 11) is 0. The van der Waals surface area contributed by atoms with Crippen LogP contribution in [-0.2, 0) is 4.79 Å². The molecule has 10 heteroatoms. The number of carboxylic acid groups (broad SMARTS) is 1. The highest BCUT2D eigenvalue weighted by molar-refractivity contribution is 8.01. The first-order valence-corrected chi connectivity index (χ1v) is 7.19. The summed E-state index contributed by atoms with van der Waals surface area (Å²) in [5.41, 5.74) is 0.491. The summed E-state index contributed by atoms with van der Waals surface area (Å²) in [6.07, 6.45) is 0. The number of rotatable bonds is 5. The summed E-state index contributed by atoms with van der Waals surface area (Å²) in [5, 5.41) is 18.9. The van der Waals surface area contributed by atoms with E-state index < -0.39 is 11.9 Å². The Morgan fingerprint density at radius 3 is 2.75 bits per heavy atom. The molecule has 2 aromatic rings. The van der Waals surface area contributed by atoms with Crippen LogP contribution in [0.2, 0.25) is 0 Å². The van der Waals surface area contributed by atoms with Gasteiger partial charge in [-0.3, -0.25) is 14.9 Å². The highest BCUT2D eigenvalue weighted by Gasteiger charge is 2.18. The molecule has 0 bridgehead atoms. The molecule has 0 fully saturated rings. The zero-order valence-corrected chi connectivity index (χ0v) is 12.2. The summed E-state index contributed by atoms with van der Waals surface area (Å²) >= 11 is 2.13. The van der Waals surface area contributed by atoms with Crippen molar-refractivity contribution < 1.29 is 19.1 Å². The number of hydrogen-bond donors (Lipinski definition) is 2. The van der Waals surface area contributed by atoms with Crippen molar-refractivity contribution in [3.63, 3.8) is 0 Å². The molecule has 0 radical (unpaired) electrons. The number of hydrogen-bond acceptors (Lipinski definition) is 8. The number of carbonyl (C=O) groups is 2. The molecule has 106 valence electrons. The highest BCUT2D eigenvalue weighted by atomic mass is 32.2. The van der Waals surface area contributed by atoms with Crippen molar-refractivity contribution in [2.75, 3.05) is 11.1 Å². The van der Waals surface area contributed by atoms with Gasteiger partial charge in [-0.05, 0) is 6.92 Å². The molecule has 1 amide bonds. The van der Waals surface area contributed by atoms with E-state index in [9.17, 15) is 9.59 Å². The average Bonchev–Trinajstić information content (AvgIpc) is 2.93. The fraction of sp³-hybridized carbons (Fsp3) is 0.300. The lowest BCUT2D eigenvalue weighted by Crippen LogP contribution is -2.12. The predicted molar refractivity (Wildman–Crippen MR) is 72.2 cm³/mol. The third-order valence-electron chi connectivity index (χ3n) is 2.06. The molecule has 0 aliphatic heterocycles. The normalized spacial score (nSPS) is 10.5. The number of nitrogens with zero attached hydrogens (tertiary/aromatic N) is 3. The Labute approximate surface area is 121 Å². The highest BCUT2D eigenvalue weighted by Crippen LogP contribution is 2.25. The van der Waals surface area contributed by atoms with Crippen LogP contribution in [0.25, 0.3) is 0 Å². The molecule has 0 aliphatic rings. The minimum atomic E-state index is -0.941. The topological polar surface area (TPSA) is 118 Å². The number of aromatic nitrogens is 3. The predicted octanol–water partition coefficient (Wildman–Crippen LogP) is 1.57. The first-order chi connectivity index (χ1) is 9.45. The van der Waals surface area contributed by atoms with E-state index in [2.05, 4.69) is 20.5 Å². The Morgan fingerprint density at radius 2 is 2.15 bits per heavy atom. The van der Waals surface area contributed by atoms with Crippen LogP contribution in [-0.4, -0.2) is 37.9 Å². The van der Waals surface area contributed by atoms with Crippen molar-refractivity contribution in [2.24, 2.45) is 0 Å². The van der Waals surface area contributed by atoms with Gasteiger partial charge in [0, 0.05) is 6.92 Å². The molecule has 2 aromatic heterocycles. The first-order valence-electron chi connectivity index (χ1n) is 5.39. The number of amides is 1. The van der Waals surface area contributed by atoms with E-state index in [0.717, 1.165) is 23.1 Å². The van der Waals surface area contributed by atoms with Gasteiger partial charge in [-0.2, -0.15) is 0 Å². The Kier molecular flexibility index (Phi) is 4.35. The van der Waals surface area contributed by atoms with Crippen molar-refractivity contribution in [1.82, 2.24) is 15.2 Å². The van der Waals surface area contributed by atoms with Gasteiger partial charge >= 0.3 is 5.97 Å². The second-order valence-electron chi connectivity index (χ2n) is 3.66. The van der Waals surface area contributed by atoms with Crippen molar-refractivity contribution in [2.45, 2.75) is 18.2 Å². The van der Waals surface area contributed by atoms with Crippen molar-refractivity contribution in [3.8, 4) is 0 Å². The van der Waals surface area contributed by atoms with E-state index in [4.69, 9.17) is 9.52 Å². The fourth-order valence-corrected chi connectivity index (χ4v) is 2.81. The fourth-order valence-electron chi connectivity index (χ4n) is 1.34. The minimum absolute atomic E-state index is 0.108. The molecule has 2 N–H and O–H groups in total. The van der Waals surface area contributed by atoms with E-state index in [1.165, 1.54) is 0 Å². The lowest BCUT2D eigenvalue weighted by Gasteiger charge is -1.97. The number of thioether (sulfide) groups is 1. The minimum Gasteiger partial charge on any atom is -0.481 e. The number of carboxylic acids is 1. The summed E-state index contributed by atoms with van der Waals surface area (Å²) < 4.78 is 5.65. The molecule has 2 heterocycles. The van der Waals surface area contributed by atoms with Gasteiger partial charge < -0.3 is 9.52 Å². The zero-order valence-electron chi connectivity index (χ0n) is 10.5. The number of nitrogens with one attached hydrogen (secondary N) is 1. The Morgan fingerprint density at radius 1 is 1.40 bits per heavy atom. The molecule has 20 heavy (non-hydrogen) atoms. The van der Waals surface area contributed by atoms with Gasteiger partial charge in [0.15, 0.2) is 10.2 Å². The molecule has 8 nitrogen and oxygen atoms in total. The van der Waals surface area contributed by atoms with Crippen molar-refractivity contribution >= 4 is 40.1 Å². The number of oxazole rings is 1. The van der Waals surface area contributed by atoms with Crippen LogP contribution in [0.3, 0.4) is 0 Å². The molecule has 0 unspecified atom stereocenters. The van der Waals surface area contributed by atoms with Crippen LogP contribution in [0.4, 0.5) is 5.13 Å². The molecule has 2 rings (SSSR count). The second-order valence-corrected chi connectivity index (χ2v) is 5.86. The zero-order chi connectivity index (χ0) is 14.7. The van der Waals surface area contributed by atoms with Crippen LogP contribution >= 0.6 is 23.1 Å². The standard InChI is InChI=1S/C10H10N4O4S2/c1-4-7(18-5(2)11-4)8(17)12-9-13-14-10(20-9)19-3-6(15)16/h3H2,1-2H3,(H,15,16)(H,12,13,17). The summed E-state index contributed by atoms with van der Waals surface area (Å²) in [6, 6.07) is 0. The molecular formula is C10H10N4O4S2. The summed E-state index contributed by atoms with van der Waals surface area (Å²) in [5.74, 6) is -0.985. The lowest BCUT2D eigenvalue weighted by atomic mass is 10.3. The molecule has 0 aliphatic carbocycles. The number of aryl methyl sites for hydroxylation is 2. The Hall–Kier alpha value is -1.94. The van der Waals surface area contributed by atoms with Gasteiger partial charge in [-0.15, -0.1) is 10.2 Å². The van der Waals surface area contributed by atoms with Crippen LogP contribution in [0.5, 0.6) is 0 Å². The molecule has 0 atom stereocenters. The van der Waals surface area contributed by atoms with Gasteiger partial charge in [0.1, 0.15) is 0 Å². The van der Waals surface area contributed by atoms with Crippen LogP contribution < -0.4 is 5.32 Å². The van der Waals surface area contributed by atoms with E-state index in [0.29, 0.717) is 15.9 Å². The Bertz CT molecular complexity index is 651. The molecular weight excluding hydrogens is 304 g/mol. The summed E-state index contributed by atoms with van der Waals surface area (Å²) in [4.78, 5) is 26.3. The van der Waals surface area contributed by atoms with E-state index in [1.54, 1.807) is 13.8 Å². The van der Waals surface area contributed by atoms with E-state index in [1.807, 2.05) is 0 Å². The second kappa shape index (κ2) is 6.01. The smallest absolute Gasteiger partial charge is 0.313 e. The molecule has 0 saturated carbocycles. The van der Waals surface area contributed by atoms with Crippen molar-refractivity contribution in [3.05, 3.63) is 17.3 Å². The van der Waals surface area contributed by atoms with Crippen molar-refractivity contribution in [1.29, 1.82) is 0 Å². The van der Waals surface area contributed by atoms with Gasteiger partial charge in [0.2, 0.25) is 10.9 Å². The third kappa shape index (κ3) is 3.54. The van der Waals surface area contributed by atoms with Crippen LogP contribution in [0, 0.1) is 13.8 Å². The van der Waals surface area contributed by atoms with Gasteiger partial charge in [-0.25, -0.2) is 4.98 Å². The van der Waals surface area contributed by atoms with Crippen LogP contribution in [0.15, 0.2) is 8.76 Å². The average molecular weight is 314 g/mol. The molecule has 0 spiro atoms. The van der Waals surface area contributed by atoms with Gasteiger partial charge in [0.05, 0.1) is 11.4 Å². The maximum Gasteiger partial charge on any atom is 0.313 e. The summed E-state index contributed by atoms with van der Waals surface area (Å²) in [6.45, 7) is 3.31. The van der Waals surface area contributed by atoms with E-state index >= 15 is 0 Å². The number of aliphatic carboxylic acids is 1. The monoisotopic (exact) mass is 314 g/mol. The maximum absolute atomic E-state index is 11.9. The maximum atomic E-state index is 11.9. The van der Waals surface area contributed by atoms with Crippen LogP contribution in [0.1, 0.15) is 22.1 Å². The Balaban J connectivity index is 2.01. The van der Waals surface area contributed by atoms with Gasteiger partial charge in [-0.1, -0.05) is 23.1 Å². The SMILES string of the molecule is Cc1nc(C)c(C(=O)Nc2nnc(SCC(=O)O)s2)o1. The quantitative estimate of drug-likeness (QED) is 0.630. The third-order valence-corrected chi connectivity index (χ3v) is 4.01. The lowest BCUT2D eigenvalue weighted by molar-refractivity contribution is -0.133. The first kappa shape index (κ1) is 14.5. The van der Waals surface area contributed by atoms with Gasteiger partial charge in [0.25, 0.3) is 5.91 Å². The van der Waals surface area contributed by atoms with E-state index in [-0.39, 0.29) is 16.6 Å². The number of carbonyl (C=O) groups excluding carboxylic acids is 1. The number of anilines is 1. The molecule has 0 aromatic carbocycles. The molecule has 0 saturated heterocycles.